The number of carbonyl (C=O) groups excluding carboxylic acids is 2. The summed E-state index contributed by atoms with van der Waals surface area (Å²) in [6.07, 6.45) is 6.67. The van der Waals surface area contributed by atoms with Crippen LogP contribution >= 0.6 is 0 Å². The number of piperidine rings is 1. The second-order valence-corrected chi connectivity index (χ2v) is 9.35. The van der Waals surface area contributed by atoms with Gasteiger partial charge in [-0.05, 0) is 62.1 Å². The zero-order valence-corrected chi connectivity index (χ0v) is 20.0. The van der Waals surface area contributed by atoms with Gasteiger partial charge in [0.05, 0.1) is 6.54 Å². The molecule has 3 N–H and O–H groups in total. The largest absolute Gasteiger partial charge is 0.350 e. The maximum atomic E-state index is 13.8. The number of fused-ring (bicyclic) bond motifs is 1. The molecule has 0 radical (unpaired) electrons. The van der Waals surface area contributed by atoms with Crippen LogP contribution in [0.1, 0.15) is 44.2 Å². The van der Waals surface area contributed by atoms with Gasteiger partial charge in [-0.15, -0.1) is 0 Å². The van der Waals surface area contributed by atoms with Gasteiger partial charge >= 0.3 is 0 Å². The monoisotopic (exact) mass is 483 g/mol. The minimum atomic E-state index is -0.991. The fourth-order valence-corrected chi connectivity index (χ4v) is 4.70. The predicted molar refractivity (Wildman–Crippen MR) is 129 cm³/mol. The number of nitrogens with zero attached hydrogens (tertiary/aromatic N) is 2. The van der Waals surface area contributed by atoms with Crippen LogP contribution in [-0.2, 0) is 22.6 Å². The first kappa shape index (κ1) is 24.8. The van der Waals surface area contributed by atoms with Crippen LogP contribution in [0.4, 0.5) is 8.78 Å². The zero-order chi connectivity index (χ0) is 24.9. The molecule has 2 aromatic heterocycles. The molecular weight excluding hydrogens is 452 g/mol. The minimum absolute atomic E-state index is 0.0367. The van der Waals surface area contributed by atoms with Crippen LogP contribution in [0.3, 0.4) is 0 Å². The highest BCUT2D eigenvalue weighted by molar-refractivity contribution is 5.88. The first-order valence-corrected chi connectivity index (χ1v) is 12.0. The summed E-state index contributed by atoms with van der Waals surface area (Å²) in [6, 6.07) is 6.92. The van der Waals surface area contributed by atoms with Gasteiger partial charge in [0.2, 0.25) is 11.8 Å². The van der Waals surface area contributed by atoms with E-state index in [4.69, 9.17) is 0 Å². The highest BCUT2D eigenvalue weighted by Gasteiger charge is 2.28. The third-order valence-electron chi connectivity index (χ3n) is 6.70. The van der Waals surface area contributed by atoms with Gasteiger partial charge in [0.1, 0.15) is 11.7 Å². The van der Waals surface area contributed by atoms with Crippen molar-refractivity contribution in [1.82, 2.24) is 25.5 Å². The maximum absolute atomic E-state index is 13.8. The van der Waals surface area contributed by atoms with Gasteiger partial charge < -0.3 is 15.6 Å². The van der Waals surface area contributed by atoms with E-state index in [-0.39, 0.29) is 37.5 Å². The summed E-state index contributed by atoms with van der Waals surface area (Å²) in [6.45, 7) is 4.60. The van der Waals surface area contributed by atoms with Crippen molar-refractivity contribution in [3.05, 3.63) is 65.5 Å². The smallest absolute Gasteiger partial charge is 0.243 e. The van der Waals surface area contributed by atoms with E-state index in [1.165, 1.54) is 6.07 Å². The van der Waals surface area contributed by atoms with Crippen molar-refractivity contribution in [1.29, 1.82) is 0 Å². The van der Waals surface area contributed by atoms with Crippen molar-refractivity contribution < 1.29 is 18.4 Å². The Bertz CT molecular complexity index is 1190. The fraction of sp³-hybridized carbons (Fsp3) is 0.423. The van der Waals surface area contributed by atoms with Crippen molar-refractivity contribution >= 4 is 22.8 Å². The fourth-order valence-electron chi connectivity index (χ4n) is 4.70. The van der Waals surface area contributed by atoms with E-state index in [1.807, 2.05) is 12.1 Å². The standard InChI is InChI=1S/C26H31F2N5O2/c1-16-4-3-5-17(2)33(16)15-24(34)32-23(12-18-6-7-21(27)22(28)11-18)26(35)31-14-19-10-20-8-9-29-25(20)30-13-19/h6-11,13,16-17,23H,3-5,12,14-15H2,1-2H3,(H,29,30)(H,31,35)(H,32,34). The van der Waals surface area contributed by atoms with Crippen LogP contribution in [0.2, 0.25) is 0 Å². The molecule has 1 aromatic carbocycles. The Hall–Kier alpha value is -3.33. The van der Waals surface area contributed by atoms with Crippen LogP contribution in [0.25, 0.3) is 11.0 Å². The first-order valence-electron chi connectivity index (χ1n) is 12.0. The molecule has 0 bridgehead atoms. The van der Waals surface area contributed by atoms with Crippen LogP contribution in [0.5, 0.6) is 0 Å². The Morgan fingerprint density at radius 2 is 1.89 bits per heavy atom. The zero-order valence-electron chi connectivity index (χ0n) is 20.0. The lowest BCUT2D eigenvalue weighted by Crippen LogP contribution is -2.53. The number of carbonyl (C=O) groups is 2. The van der Waals surface area contributed by atoms with E-state index < -0.39 is 23.6 Å². The Balaban J connectivity index is 1.45. The van der Waals surface area contributed by atoms with E-state index >= 15 is 0 Å². The van der Waals surface area contributed by atoms with E-state index in [2.05, 4.69) is 39.3 Å². The number of halogens is 2. The van der Waals surface area contributed by atoms with Gasteiger partial charge in [0, 0.05) is 42.8 Å². The van der Waals surface area contributed by atoms with Gasteiger partial charge in [-0.3, -0.25) is 14.5 Å². The molecule has 0 saturated carbocycles. The van der Waals surface area contributed by atoms with Crippen molar-refractivity contribution in [3.8, 4) is 0 Å². The quantitative estimate of drug-likeness (QED) is 0.458. The summed E-state index contributed by atoms with van der Waals surface area (Å²) in [5, 5.41) is 6.59. The number of rotatable bonds is 8. The number of nitrogens with one attached hydrogen (secondary N) is 3. The normalized spacial score (nSPS) is 19.4. The number of aromatic amines is 1. The van der Waals surface area contributed by atoms with Gasteiger partial charge in [-0.25, -0.2) is 13.8 Å². The molecule has 0 spiro atoms. The molecule has 35 heavy (non-hydrogen) atoms. The molecule has 3 aromatic rings. The second-order valence-electron chi connectivity index (χ2n) is 9.35. The molecule has 0 aliphatic carbocycles. The number of pyridine rings is 1. The number of amides is 2. The van der Waals surface area contributed by atoms with E-state index in [0.29, 0.717) is 5.56 Å². The van der Waals surface area contributed by atoms with Crippen LogP contribution in [0, 0.1) is 11.6 Å². The van der Waals surface area contributed by atoms with E-state index in [0.717, 1.165) is 48.0 Å². The van der Waals surface area contributed by atoms with Crippen molar-refractivity contribution in [2.45, 2.75) is 64.2 Å². The summed E-state index contributed by atoms with van der Waals surface area (Å²) in [7, 11) is 0. The molecule has 1 aliphatic rings. The molecule has 3 unspecified atom stereocenters. The Labute approximate surface area is 203 Å². The van der Waals surface area contributed by atoms with Crippen molar-refractivity contribution in [2.24, 2.45) is 0 Å². The summed E-state index contributed by atoms with van der Waals surface area (Å²) in [5.41, 5.74) is 1.98. The molecule has 2 amide bonds. The molecule has 7 nitrogen and oxygen atoms in total. The molecular formula is C26H31F2N5O2. The van der Waals surface area contributed by atoms with E-state index in [9.17, 15) is 18.4 Å². The lowest BCUT2D eigenvalue weighted by atomic mass is 9.97. The summed E-state index contributed by atoms with van der Waals surface area (Å²) in [5.74, 6) is -2.63. The van der Waals surface area contributed by atoms with Crippen molar-refractivity contribution in [3.63, 3.8) is 0 Å². The lowest BCUT2D eigenvalue weighted by molar-refractivity contribution is -0.130. The Morgan fingerprint density at radius 1 is 1.11 bits per heavy atom. The molecule has 3 heterocycles. The average Bonchev–Trinajstić information content (AvgIpc) is 3.30. The maximum Gasteiger partial charge on any atom is 0.243 e. The molecule has 1 fully saturated rings. The van der Waals surface area contributed by atoms with Crippen molar-refractivity contribution in [2.75, 3.05) is 6.54 Å². The van der Waals surface area contributed by atoms with Gasteiger partial charge in [0.15, 0.2) is 11.6 Å². The number of hydrogen-bond acceptors (Lipinski definition) is 4. The first-order chi connectivity index (χ1) is 16.8. The number of benzene rings is 1. The van der Waals surface area contributed by atoms with Crippen LogP contribution < -0.4 is 10.6 Å². The van der Waals surface area contributed by atoms with Gasteiger partial charge in [-0.2, -0.15) is 0 Å². The number of H-pyrrole nitrogens is 1. The number of aromatic nitrogens is 2. The number of likely N-dealkylation sites (tertiary alicyclic amines) is 1. The summed E-state index contributed by atoms with van der Waals surface area (Å²) >= 11 is 0. The van der Waals surface area contributed by atoms with Gasteiger partial charge in [0.25, 0.3) is 0 Å². The van der Waals surface area contributed by atoms with E-state index in [1.54, 1.807) is 12.4 Å². The van der Waals surface area contributed by atoms with Crippen LogP contribution in [0.15, 0.2) is 42.7 Å². The average molecular weight is 484 g/mol. The SMILES string of the molecule is CC1CCCC(C)N1CC(=O)NC(Cc1ccc(F)c(F)c1)C(=O)NCc1cnc2[nH]ccc2c1. The van der Waals surface area contributed by atoms with Gasteiger partial charge in [-0.1, -0.05) is 12.5 Å². The highest BCUT2D eigenvalue weighted by atomic mass is 19.2. The predicted octanol–water partition coefficient (Wildman–Crippen LogP) is 3.45. The topological polar surface area (TPSA) is 90.1 Å². The minimum Gasteiger partial charge on any atom is -0.350 e. The molecule has 186 valence electrons. The third-order valence-corrected chi connectivity index (χ3v) is 6.70. The third kappa shape index (κ3) is 6.22. The number of hydrogen-bond donors (Lipinski definition) is 3. The molecule has 9 heteroatoms. The Morgan fingerprint density at radius 3 is 2.63 bits per heavy atom. The molecule has 1 saturated heterocycles. The lowest BCUT2D eigenvalue weighted by Gasteiger charge is -2.38. The second kappa shape index (κ2) is 10.9. The molecule has 1 aliphatic heterocycles. The van der Waals surface area contributed by atoms with Crippen LogP contribution in [-0.4, -0.2) is 51.4 Å². The summed E-state index contributed by atoms with van der Waals surface area (Å²) in [4.78, 5) is 35.5. The Kier molecular flexibility index (Phi) is 7.75. The highest BCUT2D eigenvalue weighted by Crippen LogP contribution is 2.22. The molecule has 4 rings (SSSR count). The summed E-state index contributed by atoms with van der Waals surface area (Å²) < 4.78 is 27.2. The molecule has 3 atom stereocenters.